The lowest BCUT2D eigenvalue weighted by Crippen LogP contribution is -2.36. The van der Waals surface area contributed by atoms with Crippen LogP contribution in [0.3, 0.4) is 0 Å². The van der Waals surface area contributed by atoms with E-state index in [4.69, 9.17) is 4.74 Å². The minimum absolute atomic E-state index is 0.0191. The monoisotopic (exact) mass is 361 g/mol. The van der Waals surface area contributed by atoms with E-state index < -0.39 is 0 Å². The number of fused-ring (bicyclic) bond motifs is 3. The van der Waals surface area contributed by atoms with E-state index in [0.717, 1.165) is 35.2 Å². The number of hydrogen-bond donors (Lipinski definition) is 1. The van der Waals surface area contributed by atoms with E-state index in [2.05, 4.69) is 45.5 Å². The molecule has 2 aromatic rings. The average molecular weight is 362 g/mol. The van der Waals surface area contributed by atoms with Gasteiger partial charge in [-0.15, -0.1) is 0 Å². The number of ether oxygens (including phenoxy) is 1. The molecule has 4 rings (SSSR count). The van der Waals surface area contributed by atoms with Crippen LogP contribution < -0.4 is 5.32 Å². The van der Waals surface area contributed by atoms with Crippen molar-refractivity contribution in [1.82, 2.24) is 0 Å². The molecule has 0 bridgehead atoms. The number of benzene rings is 2. The summed E-state index contributed by atoms with van der Waals surface area (Å²) in [7, 11) is 0. The highest BCUT2D eigenvalue weighted by atomic mass is 79.9. The van der Waals surface area contributed by atoms with Crippen LogP contribution in [0, 0.1) is 11.7 Å². The number of nitrogens with one attached hydrogen (secondary N) is 1. The van der Waals surface area contributed by atoms with Gasteiger partial charge in [0.25, 0.3) is 0 Å². The van der Waals surface area contributed by atoms with E-state index in [9.17, 15) is 4.39 Å². The lowest BCUT2D eigenvalue weighted by atomic mass is 9.77. The maximum absolute atomic E-state index is 13.6. The molecular weight excluding hydrogens is 345 g/mol. The Labute approximate surface area is 137 Å². The molecular formula is C18H17BrFNO. The van der Waals surface area contributed by atoms with Crippen molar-refractivity contribution in [2.24, 2.45) is 5.92 Å². The van der Waals surface area contributed by atoms with E-state index in [1.807, 2.05) is 6.07 Å². The summed E-state index contributed by atoms with van der Waals surface area (Å²) in [4.78, 5) is 0. The SMILES string of the molecule is Fc1ccc2c(c1)[C@H]1OCCC[C@H]1[C@@H](c1ccc(Br)cc1)N2. The third-order valence-electron chi connectivity index (χ3n) is 4.66. The minimum Gasteiger partial charge on any atom is -0.378 e. The maximum Gasteiger partial charge on any atom is 0.123 e. The molecule has 1 N–H and O–H groups in total. The predicted molar refractivity (Wildman–Crippen MR) is 88.3 cm³/mol. The Bertz CT molecular complexity index is 688. The van der Waals surface area contributed by atoms with E-state index in [1.54, 1.807) is 6.07 Å². The van der Waals surface area contributed by atoms with Crippen molar-refractivity contribution >= 4 is 21.6 Å². The molecule has 114 valence electrons. The largest absolute Gasteiger partial charge is 0.378 e. The summed E-state index contributed by atoms with van der Waals surface area (Å²) in [6.07, 6.45) is 2.13. The van der Waals surface area contributed by atoms with Crippen LogP contribution in [0.2, 0.25) is 0 Å². The van der Waals surface area contributed by atoms with Crippen LogP contribution in [-0.2, 0) is 4.74 Å². The molecule has 2 nitrogen and oxygen atoms in total. The van der Waals surface area contributed by atoms with Crippen molar-refractivity contribution in [1.29, 1.82) is 0 Å². The van der Waals surface area contributed by atoms with Crippen molar-refractivity contribution in [2.75, 3.05) is 11.9 Å². The highest BCUT2D eigenvalue weighted by molar-refractivity contribution is 9.10. The molecule has 4 heteroatoms. The molecule has 0 saturated carbocycles. The Kier molecular flexibility index (Phi) is 3.66. The Hall–Kier alpha value is -1.39. The molecule has 3 atom stereocenters. The molecule has 2 aliphatic heterocycles. The van der Waals surface area contributed by atoms with Gasteiger partial charge in [-0.05, 0) is 48.7 Å². The van der Waals surface area contributed by atoms with Crippen LogP contribution in [-0.4, -0.2) is 6.61 Å². The molecule has 2 aromatic carbocycles. The van der Waals surface area contributed by atoms with Crippen LogP contribution in [0.15, 0.2) is 46.9 Å². The Morgan fingerprint density at radius 2 is 1.95 bits per heavy atom. The van der Waals surface area contributed by atoms with Gasteiger partial charge in [0.1, 0.15) is 5.82 Å². The molecule has 2 aliphatic rings. The summed E-state index contributed by atoms with van der Waals surface area (Å²) >= 11 is 3.49. The van der Waals surface area contributed by atoms with Crippen molar-refractivity contribution < 1.29 is 9.13 Å². The number of anilines is 1. The maximum atomic E-state index is 13.6. The molecule has 0 aliphatic carbocycles. The highest BCUT2D eigenvalue weighted by Gasteiger charge is 2.39. The van der Waals surface area contributed by atoms with Crippen molar-refractivity contribution in [3.8, 4) is 0 Å². The first-order valence-electron chi connectivity index (χ1n) is 7.65. The molecule has 0 spiro atoms. The fraction of sp³-hybridized carbons (Fsp3) is 0.333. The molecule has 0 amide bonds. The second-order valence-electron chi connectivity index (χ2n) is 6.00. The molecule has 22 heavy (non-hydrogen) atoms. The lowest BCUT2D eigenvalue weighted by Gasteiger charge is -2.43. The summed E-state index contributed by atoms with van der Waals surface area (Å²) in [6, 6.07) is 13.6. The molecule has 1 fully saturated rings. The highest BCUT2D eigenvalue weighted by Crippen LogP contribution is 2.49. The number of rotatable bonds is 1. The van der Waals surface area contributed by atoms with Gasteiger partial charge in [0.2, 0.25) is 0 Å². The fourth-order valence-electron chi connectivity index (χ4n) is 3.64. The van der Waals surface area contributed by atoms with E-state index in [1.165, 1.54) is 11.6 Å². The third-order valence-corrected chi connectivity index (χ3v) is 5.19. The zero-order valence-corrected chi connectivity index (χ0v) is 13.6. The van der Waals surface area contributed by atoms with Gasteiger partial charge >= 0.3 is 0 Å². The summed E-state index contributed by atoms with van der Waals surface area (Å²) in [6.45, 7) is 0.754. The molecule has 1 saturated heterocycles. The van der Waals surface area contributed by atoms with Gasteiger partial charge in [-0.25, -0.2) is 4.39 Å². The summed E-state index contributed by atoms with van der Waals surface area (Å²) < 4.78 is 20.7. The van der Waals surface area contributed by atoms with Gasteiger partial charge < -0.3 is 10.1 Å². The van der Waals surface area contributed by atoms with Crippen LogP contribution >= 0.6 is 15.9 Å². The average Bonchev–Trinajstić information content (AvgIpc) is 2.55. The van der Waals surface area contributed by atoms with Gasteiger partial charge in [0.15, 0.2) is 0 Å². The smallest absolute Gasteiger partial charge is 0.123 e. The van der Waals surface area contributed by atoms with E-state index in [-0.39, 0.29) is 18.0 Å². The summed E-state index contributed by atoms with van der Waals surface area (Å²) in [5, 5.41) is 3.60. The van der Waals surface area contributed by atoms with Crippen molar-refractivity contribution in [2.45, 2.75) is 25.0 Å². The lowest BCUT2D eigenvalue weighted by molar-refractivity contribution is -0.0382. The van der Waals surface area contributed by atoms with Gasteiger partial charge in [-0.2, -0.15) is 0 Å². The first kappa shape index (κ1) is 14.2. The first-order valence-corrected chi connectivity index (χ1v) is 8.45. The standard InChI is InChI=1S/C18H17BrFNO/c19-12-5-3-11(4-6-12)17-14-2-1-9-22-18(14)15-10-13(20)7-8-16(15)21-17/h3-8,10,14,17-18,21H,1-2,9H2/t14-,17+,18-/m0/s1. The van der Waals surface area contributed by atoms with Crippen molar-refractivity contribution in [3.63, 3.8) is 0 Å². The van der Waals surface area contributed by atoms with Gasteiger partial charge in [0.05, 0.1) is 12.1 Å². The first-order chi connectivity index (χ1) is 10.7. The van der Waals surface area contributed by atoms with Crippen LogP contribution in [0.5, 0.6) is 0 Å². The third kappa shape index (κ3) is 2.44. The number of hydrogen-bond acceptors (Lipinski definition) is 2. The number of halogens is 2. The van der Waals surface area contributed by atoms with E-state index >= 15 is 0 Å². The quantitative estimate of drug-likeness (QED) is 0.751. The Balaban J connectivity index is 1.77. The molecule has 0 radical (unpaired) electrons. The minimum atomic E-state index is -0.199. The topological polar surface area (TPSA) is 21.3 Å². The Morgan fingerprint density at radius 1 is 1.14 bits per heavy atom. The predicted octanol–water partition coefficient (Wildman–Crippen LogP) is 5.22. The second-order valence-corrected chi connectivity index (χ2v) is 6.92. The zero-order valence-electron chi connectivity index (χ0n) is 12.1. The normalized spacial score (nSPS) is 26.7. The summed E-state index contributed by atoms with van der Waals surface area (Å²) in [5.41, 5.74) is 3.19. The fourth-order valence-corrected chi connectivity index (χ4v) is 3.91. The second kappa shape index (κ2) is 5.67. The molecule has 2 heterocycles. The Morgan fingerprint density at radius 3 is 2.77 bits per heavy atom. The van der Waals surface area contributed by atoms with Crippen LogP contribution in [0.25, 0.3) is 0 Å². The van der Waals surface area contributed by atoms with Gasteiger partial charge in [0, 0.05) is 28.2 Å². The van der Waals surface area contributed by atoms with Gasteiger partial charge in [-0.3, -0.25) is 0 Å². The van der Waals surface area contributed by atoms with Gasteiger partial charge in [-0.1, -0.05) is 28.1 Å². The molecule has 0 aromatic heterocycles. The van der Waals surface area contributed by atoms with E-state index in [0.29, 0.717) is 5.92 Å². The van der Waals surface area contributed by atoms with Crippen molar-refractivity contribution in [3.05, 3.63) is 63.9 Å². The molecule has 0 unspecified atom stereocenters. The summed E-state index contributed by atoms with van der Waals surface area (Å²) in [5.74, 6) is 0.139. The van der Waals surface area contributed by atoms with Crippen LogP contribution in [0.1, 0.15) is 36.1 Å². The van der Waals surface area contributed by atoms with Crippen LogP contribution in [0.4, 0.5) is 10.1 Å². The zero-order chi connectivity index (χ0) is 15.1.